The van der Waals surface area contributed by atoms with Gasteiger partial charge in [-0.1, -0.05) is 11.6 Å². The second kappa shape index (κ2) is 6.45. The lowest BCUT2D eigenvalue weighted by atomic mass is 10.1. The number of aryl methyl sites for hydroxylation is 1. The van der Waals surface area contributed by atoms with E-state index in [4.69, 9.17) is 21.1 Å². The van der Waals surface area contributed by atoms with Crippen LogP contribution in [-0.2, 0) is 7.05 Å². The van der Waals surface area contributed by atoms with E-state index in [1.807, 2.05) is 0 Å². The molecule has 0 bridgehead atoms. The van der Waals surface area contributed by atoms with Gasteiger partial charge in [-0.2, -0.15) is 5.10 Å². The van der Waals surface area contributed by atoms with Gasteiger partial charge in [0.05, 0.1) is 36.7 Å². The van der Waals surface area contributed by atoms with Crippen LogP contribution in [0.2, 0.25) is 5.02 Å². The Balaban J connectivity index is 2.32. The van der Waals surface area contributed by atoms with Crippen molar-refractivity contribution < 1.29 is 14.3 Å². The minimum absolute atomic E-state index is 0.206. The largest absolute Gasteiger partial charge is 0.497 e. The maximum absolute atomic E-state index is 12.3. The first-order valence-electron chi connectivity index (χ1n) is 6.18. The standard InChI is InChI=1S/C15H15ClN2O3/c1-18-13(12(16)9-17-18)5-6-14(19)11-8-10(20-2)4-7-15(11)21-3/h4-9H,1-3H3/b6-5+. The second-order valence-corrected chi connectivity index (χ2v) is 4.67. The molecule has 0 aliphatic rings. The third-order valence-electron chi connectivity index (χ3n) is 3.00. The smallest absolute Gasteiger partial charge is 0.189 e. The highest BCUT2D eigenvalue weighted by molar-refractivity contribution is 6.31. The zero-order chi connectivity index (χ0) is 15.4. The molecule has 0 radical (unpaired) electrons. The molecule has 0 N–H and O–H groups in total. The molecule has 21 heavy (non-hydrogen) atoms. The molecule has 0 saturated carbocycles. The predicted molar refractivity (Wildman–Crippen MR) is 81.1 cm³/mol. The van der Waals surface area contributed by atoms with E-state index < -0.39 is 0 Å². The third-order valence-corrected chi connectivity index (χ3v) is 3.29. The van der Waals surface area contributed by atoms with Crippen molar-refractivity contribution in [3.05, 3.63) is 46.8 Å². The number of halogens is 1. The molecule has 6 heteroatoms. The van der Waals surface area contributed by atoms with Crippen molar-refractivity contribution in [3.8, 4) is 11.5 Å². The summed E-state index contributed by atoms with van der Waals surface area (Å²) >= 11 is 5.99. The molecule has 0 amide bonds. The van der Waals surface area contributed by atoms with Crippen LogP contribution >= 0.6 is 11.6 Å². The van der Waals surface area contributed by atoms with E-state index >= 15 is 0 Å². The minimum Gasteiger partial charge on any atom is -0.497 e. The van der Waals surface area contributed by atoms with Crippen LogP contribution in [0, 0.1) is 0 Å². The van der Waals surface area contributed by atoms with Gasteiger partial charge in [-0.05, 0) is 30.4 Å². The average Bonchev–Trinajstić information content (AvgIpc) is 2.82. The first-order valence-corrected chi connectivity index (χ1v) is 6.56. The fourth-order valence-electron chi connectivity index (χ4n) is 1.86. The number of ether oxygens (including phenoxy) is 2. The number of benzene rings is 1. The molecule has 1 heterocycles. The lowest BCUT2D eigenvalue weighted by molar-refractivity contribution is 0.104. The van der Waals surface area contributed by atoms with Crippen LogP contribution in [-0.4, -0.2) is 29.8 Å². The zero-order valence-electron chi connectivity index (χ0n) is 12.0. The second-order valence-electron chi connectivity index (χ2n) is 4.27. The highest BCUT2D eigenvalue weighted by atomic mass is 35.5. The fourth-order valence-corrected chi connectivity index (χ4v) is 2.09. The molecule has 5 nitrogen and oxygen atoms in total. The van der Waals surface area contributed by atoms with Gasteiger partial charge in [0.1, 0.15) is 11.5 Å². The Morgan fingerprint density at radius 1 is 1.33 bits per heavy atom. The number of hydrogen-bond acceptors (Lipinski definition) is 4. The monoisotopic (exact) mass is 306 g/mol. The molecule has 0 saturated heterocycles. The SMILES string of the molecule is COc1ccc(OC)c(C(=O)/C=C/c2c(Cl)cnn2C)c1. The van der Waals surface area contributed by atoms with E-state index in [0.717, 1.165) is 0 Å². The van der Waals surface area contributed by atoms with Gasteiger partial charge in [0.2, 0.25) is 0 Å². The van der Waals surface area contributed by atoms with Crippen LogP contribution in [0.5, 0.6) is 11.5 Å². The molecule has 0 atom stereocenters. The Kier molecular flexibility index (Phi) is 4.65. The van der Waals surface area contributed by atoms with Crippen LogP contribution in [0.1, 0.15) is 16.1 Å². The van der Waals surface area contributed by atoms with Crippen LogP contribution in [0.3, 0.4) is 0 Å². The number of ketones is 1. The summed E-state index contributed by atoms with van der Waals surface area (Å²) in [6.07, 6.45) is 4.58. The normalized spacial score (nSPS) is 10.9. The Hall–Kier alpha value is -2.27. The van der Waals surface area contributed by atoms with Gasteiger partial charge >= 0.3 is 0 Å². The van der Waals surface area contributed by atoms with E-state index in [-0.39, 0.29) is 5.78 Å². The van der Waals surface area contributed by atoms with Crippen LogP contribution < -0.4 is 9.47 Å². The predicted octanol–water partition coefficient (Wildman–Crippen LogP) is 2.99. The highest BCUT2D eigenvalue weighted by Crippen LogP contribution is 2.25. The van der Waals surface area contributed by atoms with Gasteiger partial charge in [-0.25, -0.2) is 0 Å². The summed E-state index contributed by atoms with van der Waals surface area (Å²) < 4.78 is 11.9. The van der Waals surface area contributed by atoms with Crippen LogP contribution in [0.25, 0.3) is 6.08 Å². The van der Waals surface area contributed by atoms with Crippen molar-refractivity contribution in [2.45, 2.75) is 0 Å². The lowest BCUT2D eigenvalue weighted by Gasteiger charge is -2.07. The summed E-state index contributed by atoms with van der Waals surface area (Å²) in [7, 11) is 4.81. The molecular weight excluding hydrogens is 292 g/mol. The van der Waals surface area contributed by atoms with Gasteiger partial charge in [0.15, 0.2) is 5.78 Å². The Bertz CT molecular complexity index is 673. The molecule has 0 fully saturated rings. The number of nitrogens with zero attached hydrogens (tertiary/aromatic N) is 2. The Labute approximate surface area is 127 Å². The van der Waals surface area contributed by atoms with Crippen LogP contribution in [0.15, 0.2) is 30.5 Å². The first kappa shape index (κ1) is 15.1. The molecular formula is C15H15ClN2O3. The summed E-state index contributed by atoms with van der Waals surface area (Å²) in [4.78, 5) is 12.3. The fraction of sp³-hybridized carbons (Fsp3) is 0.200. The molecule has 2 rings (SSSR count). The highest BCUT2D eigenvalue weighted by Gasteiger charge is 2.12. The summed E-state index contributed by atoms with van der Waals surface area (Å²) in [6, 6.07) is 5.06. The Morgan fingerprint density at radius 3 is 2.67 bits per heavy atom. The summed E-state index contributed by atoms with van der Waals surface area (Å²) in [6.45, 7) is 0. The quantitative estimate of drug-likeness (QED) is 0.629. The number of methoxy groups -OCH3 is 2. The van der Waals surface area contributed by atoms with E-state index in [0.29, 0.717) is 27.8 Å². The molecule has 0 aliphatic carbocycles. The molecule has 110 valence electrons. The van der Waals surface area contributed by atoms with E-state index in [1.165, 1.54) is 19.4 Å². The average molecular weight is 307 g/mol. The van der Waals surface area contributed by atoms with Crippen molar-refractivity contribution in [2.24, 2.45) is 7.05 Å². The van der Waals surface area contributed by atoms with Crippen molar-refractivity contribution in [1.29, 1.82) is 0 Å². The number of allylic oxidation sites excluding steroid dienone is 1. The minimum atomic E-state index is -0.206. The summed E-state index contributed by atoms with van der Waals surface area (Å²) in [5.41, 5.74) is 1.08. The van der Waals surface area contributed by atoms with Crippen molar-refractivity contribution >= 4 is 23.5 Å². The topological polar surface area (TPSA) is 53.4 Å². The van der Waals surface area contributed by atoms with Gasteiger partial charge in [0, 0.05) is 7.05 Å². The van der Waals surface area contributed by atoms with Crippen LogP contribution in [0.4, 0.5) is 0 Å². The van der Waals surface area contributed by atoms with Gasteiger partial charge in [-0.15, -0.1) is 0 Å². The van der Waals surface area contributed by atoms with Crippen molar-refractivity contribution in [1.82, 2.24) is 9.78 Å². The maximum Gasteiger partial charge on any atom is 0.189 e. The zero-order valence-corrected chi connectivity index (χ0v) is 12.7. The number of carbonyl (C=O) groups is 1. The number of aromatic nitrogens is 2. The summed E-state index contributed by atoms with van der Waals surface area (Å²) in [5.74, 6) is 0.871. The third kappa shape index (κ3) is 3.25. The maximum atomic E-state index is 12.3. The van der Waals surface area contributed by atoms with E-state index in [2.05, 4.69) is 5.10 Å². The summed E-state index contributed by atoms with van der Waals surface area (Å²) in [5, 5.41) is 4.49. The lowest BCUT2D eigenvalue weighted by Crippen LogP contribution is -2.00. The van der Waals surface area contributed by atoms with Gasteiger partial charge in [0.25, 0.3) is 0 Å². The van der Waals surface area contributed by atoms with Gasteiger partial charge < -0.3 is 9.47 Å². The van der Waals surface area contributed by atoms with E-state index in [1.54, 1.807) is 43.1 Å². The molecule has 0 aliphatic heterocycles. The molecule has 0 spiro atoms. The Morgan fingerprint density at radius 2 is 2.10 bits per heavy atom. The first-order chi connectivity index (χ1) is 10.1. The molecule has 2 aromatic rings. The van der Waals surface area contributed by atoms with Crippen molar-refractivity contribution in [3.63, 3.8) is 0 Å². The van der Waals surface area contributed by atoms with Gasteiger partial charge in [-0.3, -0.25) is 9.48 Å². The molecule has 0 unspecified atom stereocenters. The number of hydrogen-bond donors (Lipinski definition) is 0. The van der Waals surface area contributed by atoms with Crippen molar-refractivity contribution in [2.75, 3.05) is 14.2 Å². The molecule has 1 aromatic heterocycles. The molecule has 1 aromatic carbocycles. The number of carbonyl (C=O) groups excluding carboxylic acids is 1. The number of rotatable bonds is 5. The van der Waals surface area contributed by atoms with E-state index in [9.17, 15) is 4.79 Å².